The van der Waals surface area contributed by atoms with E-state index in [1.54, 1.807) is 11.3 Å². The molecular formula is C15H14OS. The van der Waals surface area contributed by atoms with Crippen LogP contribution in [0.25, 0.3) is 23.3 Å². The van der Waals surface area contributed by atoms with E-state index in [2.05, 4.69) is 18.5 Å². The molecule has 0 bridgehead atoms. The number of benzene rings is 1. The number of hydrogen-bond donors (Lipinski definition) is 1. The first-order chi connectivity index (χ1) is 8.31. The molecule has 1 heterocycles. The Morgan fingerprint density at radius 3 is 2.53 bits per heavy atom. The normalized spacial score (nSPS) is 10.2. The van der Waals surface area contributed by atoms with Crippen LogP contribution in [0.4, 0.5) is 0 Å². The Morgan fingerprint density at radius 1 is 1.12 bits per heavy atom. The first kappa shape index (κ1) is 11.8. The van der Waals surface area contributed by atoms with Crippen molar-refractivity contribution in [2.24, 2.45) is 0 Å². The Balaban J connectivity index is 2.64. The third-order valence-corrected chi connectivity index (χ3v) is 3.72. The van der Waals surface area contributed by atoms with Crippen molar-refractivity contribution in [3.63, 3.8) is 0 Å². The third kappa shape index (κ3) is 2.09. The van der Waals surface area contributed by atoms with Gasteiger partial charge in [0.05, 0.1) is 6.61 Å². The van der Waals surface area contributed by atoms with Gasteiger partial charge in [-0.3, -0.25) is 0 Å². The summed E-state index contributed by atoms with van der Waals surface area (Å²) in [5.74, 6) is 0. The number of rotatable bonds is 4. The average Bonchev–Trinajstić information content (AvgIpc) is 2.81. The lowest BCUT2D eigenvalue weighted by atomic mass is 9.98. The fraction of sp³-hybridized carbons (Fsp3) is 0.0667. The quantitative estimate of drug-likeness (QED) is 0.852. The number of thiophene rings is 1. The highest BCUT2D eigenvalue weighted by Crippen LogP contribution is 2.35. The lowest BCUT2D eigenvalue weighted by molar-refractivity contribution is 0.282. The topological polar surface area (TPSA) is 20.2 Å². The van der Waals surface area contributed by atoms with Crippen molar-refractivity contribution in [3.8, 4) is 11.1 Å². The van der Waals surface area contributed by atoms with Crippen molar-refractivity contribution >= 4 is 23.5 Å². The van der Waals surface area contributed by atoms with Crippen molar-refractivity contribution in [1.29, 1.82) is 0 Å². The Hall–Kier alpha value is -1.64. The summed E-state index contributed by atoms with van der Waals surface area (Å²) in [6, 6.07) is 7.87. The second-order valence-electron chi connectivity index (χ2n) is 3.65. The van der Waals surface area contributed by atoms with Crippen LogP contribution in [0.2, 0.25) is 0 Å². The largest absolute Gasteiger partial charge is 0.392 e. The molecule has 1 aromatic carbocycles. The van der Waals surface area contributed by atoms with Crippen LogP contribution in [-0.2, 0) is 6.61 Å². The van der Waals surface area contributed by atoms with Crippen molar-refractivity contribution in [2.45, 2.75) is 6.61 Å². The van der Waals surface area contributed by atoms with E-state index in [9.17, 15) is 5.11 Å². The van der Waals surface area contributed by atoms with Gasteiger partial charge in [-0.1, -0.05) is 49.6 Å². The summed E-state index contributed by atoms with van der Waals surface area (Å²) in [5, 5.41) is 11.5. The minimum atomic E-state index is 0.0476. The average molecular weight is 242 g/mol. The number of hydrogen-bond acceptors (Lipinski definition) is 2. The molecule has 1 aromatic heterocycles. The molecule has 86 valence electrons. The molecule has 0 spiro atoms. The number of aliphatic hydroxyl groups excluding tert-OH is 1. The molecule has 0 aliphatic carbocycles. The molecule has 0 amide bonds. The molecule has 0 aliphatic rings. The van der Waals surface area contributed by atoms with Gasteiger partial charge in [-0.25, -0.2) is 0 Å². The maximum Gasteiger partial charge on any atom is 0.0687 e. The third-order valence-electron chi connectivity index (χ3n) is 2.73. The summed E-state index contributed by atoms with van der Waals surface area (Å²) >= 11 is 1.64. The molecule has 2 heteroatoms. The van der Waals surface area contributed by atoms with Gasteiger partial charge in [0, 0.05) is 10.4 Å². The van der Waals surface area contributed by atoms with E-state index in [1.165, 1.54) is 0 Å². The first-order valence-electron chi connectivity index (χ1n) is 5.37. The second kappa shape index (κ2) is 5.13. The lowest BCUT2D eigenvalue weighted by Gasteiger charge is -2.07. The summed E-state index contributed by atoms with van der Waals surface area (Å²) in [7, 11) is 0. The Labute approximate surface area is 105 Å². The summed E-state index contributed by atoms with van der Waals surface area (Å²) in [6.45, 7) is 7.70. The minimum Gasteiger partial charge on any atom is -0.392 e. The van der Waals surface area contributed by atoms with E-state index < -0.39 is 0 Å². The fourth-order valence-corrected chi connectivity index (χ4v) is 2.80. The van der Waals surface area contributed by atoms with E-state index in [4.69, 9.17) is 0 Å². The molecule has 1 nitrogen and oxygen atoms in total. The van der Waals surface area contributed by atoms with Crippen molar-refractivity contribution in [1.82, 2.24) is 0 Å². The van der Waals surface area contributed by atoms with Gasteiger partial charge in [-0.05, 0) is 22.1 Å². The van der Waals surface area contributed by atoms with Crippen LogP contribution in [0, 0.1) is 0 Å². The van der Waals surface area contributed by atoms with Crippen LogP contribution in [-0.4, -0.2) is 5.11 Å². The molecule has 0 fully saturated rings. The van der Waals surface area contributed by atoms with Crippen LogP contribution in [0.15, 0.2) is 42.8 Å². The maximum absolute atomic E-state index is 9.36. The monoisotopic (exact) mass is 242 g/mol. The van der Waals surface area contributed by atoms with Crippen LogP contribution in [0.3, 0.4) is 0 Å². The number of aliphatic hydroxyl groups is 1. The summed E-state index contributed by atoms with van der Waals surface area (Å²) in [5.41, 5.74) is 4.20. The second-order valence-corrected chi connectivity index (χ2v) is 4.56. The van der Waals surface area contributed by atoms with Crippen LogP contribution in [0.5, 0.6) is 0 Å². The molecule has 2 rings (SSSR count). The lowest BCUT2D eigenvalue weighted by Crippen LogP contribution is -1.89. The van der Waals surface area contributed by atoms with Crippen molar-refractivity contribution in [2.75, 3.05) is 0 Å². The summed E-state index contributed by atoms with van der Waals surface area (Å²) in [4.78, 5) is 1.11. The van der Waals surface area contributed by atoms with Gasteiger partial charge in [0.1, 0.15) is 0 Å². The molecule has 0 radical (unpaired) electrons. The first-order valence-corrected chi connectivity index (χ1v) is 6.25. The molecule has 0 saturated carbocycles. The van der Waals surface area contributed by atoms with Gasteiger partial charge in [0.2, 0.25) is 0 Å². The van der Waals surface area contributed by atoms with Crippen molar-refractivity contribution in [3.05, 3.63) is 58.8 Å². The predicted molar refractivity (Wildman–Crippen MR) is 75.9 cm³/mol. The molecule has 0 atom stereocenters. The maximum atomic E-state index is 9.36. The summed E-state index contributed by atoms with van der Waals surface area (Å²) in [6.07, 6.45) is 3.68. The van der Waals surface area contributed by atoms with E-state index in [1.807, 2.05) is 36.4 Å². The molecule has 0 unspecified atom stereocenters. The van der Waals surface area contributed by atoms with Gasteiger partial charge in [0.25, 0.3) is 0 Å². The fourth-order valence-electron chi connectivity index (χ4n) is 1.88. The molecule has 0 aliphatic heterocycles. The smallest absolute Gasteiger partial charge is 0.0687 e. The zero-order valence-corrected chi connectivity index (χ0v) is 10.3. The standard InChI is InChI=1S/C15H14OS/c1-3-12-14(10-17-15(12)4-2)13-8-6-5-7-11(13)9-16/h3-8,10,16H,1-2,9H2. The van der Waals surface area contributed by atoms with Gasteiger partial charge >= 0.3 is 0 Å². The van der Waals surface area contributed by atoms with E-state index in [0.29, 0.717) is 0 Å². The highest BCUT2D eigenvalue weighted by Gasteiger charge is 2.11. The summed E-state index contributed by atoms with van der Waals surface area (Å²) < 4.78 is 0. The SMILES string of the molecule is C=Cc1scc(-c2ccccc2CO)c1C=C. The van der Waals surface area contributed by atoms with E-state index in [0.717, 1.165) is 27.1 Å². The Morgan fingerprint density at radius 2 is 1.88 bits per heavy atom. The van der Waals surface area contributed by atoms with Crippen LogP contribution >= 0.6 is 11.3 Å². The van der Waals surface area contributed by atoms with Gasteiger partial charge in [0.15, 0.2) is 0 Å². The predicted octanol–water partition coefficient (Wildman–Crippen LogP) is 4.19. The highest BCUT2D eigenvalue weighted by molar-refractivity contribution is 7.11. The molecule has 1 N–H and O–H groups in total. The van der Waals surface area contributed by atoms with Gasteiger partial charge in [-0.15, -0.1) is 11.3 Å². The van der Waals surface area contributed by atoms with Crippen LogP contribution < -0.4 is 0 Å². The highest BCUT2D eigenvalue weighted by atomic mass is 32.1. The Kier molecular flexibility index (Phi) is 3.57. The molecule has 0 saturated heterocycles. The van der Waals surface area contributed by atoms with Gasteiger partial charge in [-0.2, -0.15) is 0 Å². The molecular weight excluding hydrogens is 228 g/mol. The molecule has 2 aromatic rings. The zero-order valence-electron chi connectivity index (χ0n) is 9.52. The zero-order chi connectivity index (χ0) is 12.3. The van der Waals surface area contributed by atoms with E-state index >= 15 is 0 Å². The molecule has 17 heavy (non-hydrogen) atoms. The Bertz CT molecular complexity index is 552. The minimum absolute atomic E-state index is 0.0476. The van der Waals surface area contributed by atoms with Gasteiger partial charge < -0.3 is 5.11 Å². The van der Waals surface area contributed by atoms with E-state index in [-0.39, 0.29) is 6.61 Å². The van der Waals surface area contributed by atoms with Crippen molar-refractivity contribution < 1.29 is 5.11 Å². The van der Waals surface area contributed by atoms with Crippen LogP contribution in [0.1, 0.15) is 16.0 Å².